The second-order valence-electron chi connectivity index (χ2n) is 8.81. The average Bonchev–Trinajstić information content (AvgIpc) is 3.08. The molecule has 5 heteroatoms. The van der Waals surface area contributed by atoms with Gasteiger partial charge in [-0.1, -0.05) is 51.0 Å². The van der Waals surface area contributed by atoms with E-state index in [4.69, 9.17) is 9.15 Å². The van der Waals surface area contributed by atoms with Gasteiger partial charge in [-0.15, -0.1) is 0 Å². The Balaban J connectivity index is 1.66. The van der Waals surface area contributed by atoms with E-state index in [9.17, 15) is 0 Å². The minimum Gasteiger partial charge on any atom is -0.476 e. The monoisotopic (exact) mass is 365 g/mol. The maximum atomic E-state index is 6.52. The van der Waals surface area contributed by atoms with Crippen LogP contribution in [0.5, 0.6) is 0 Å². The van der Waals surface area contributed by atoms with E-state index in [1.807, 2.05) is 0 Å². The average molecular weight is 366 g/mol. The Morgan fingerprint density at radius 3 is 2.38 bits per heavy atom. The molecule has 0 amide bonds. The third kappa shape index (κ3) is 4.42. The molecular weight excluding hydrogens is 330 g/mol. The molecule has 2 fully saturated rings. The first-order chi connectivity index (χ1) is 11.5. The van der Waals surface area contributed by atoms with E-state index >= 15 is 0 Å². The van der Waals surface area contributed by atoms with Crippen LogP contribution >= 0.6 is 0 Å². The lowest BCUT2D eigenvalue weighted by Crippen LogP contribution is -2.49. The highest BCUT2D eigenvalue weighted by Crippen LogP contribution is 2.33. The summed E-state index contributed by atoms with van der Waals surface area (Å²) < 4.78 is 12.0. The number of hydrogen-bond acceptors (Lipinski definition) is 3. The highest BCUT2D eigenvalue weighted by molar-refractivity contribution is 6.92. The summed E-state index contributed by atoms with van der Waals surface area (Å²) in [5.41, 5.74) is 0. The van der Waals surface area contributed by atoms with E-state index in [2.05, 4.69) is 36.7 Å². The summed E-state index contributed by atoms with van der Waals surface area (Å²) in [5, 5.41) is 2.74. The molecular formula is C19H35NO2Si2. The Morgan fingerprint density at radius 1 is 1.04 bits per heavy atom. The van der Waals surface area contributed by atoms with E-state index in [1.54, 1.807) is 0 Å². The molecule has 0 spiro atoms. The molecule has 24 heavy (non-hydrogen) atoms. The van der Waals surface area contributed by atoms with Crippen LogP contribution < -0.4 is 10.8 Å². The third-order valence-corrected chi connectivity index (χ3v) is 12.9. The molecule has 3 nitrogen and oxygen atoms in total. The Hall–Kier alpha value is -0.366. The Kier molecular flexibility index (Phi) is 6.06. The molecule has 2 saturated heterocycles. The van der Waals surface area contributed by atoms with Gasteiger partial charge in [-0.3, -0.25) is 4.90 Å². The lowest BCUT2D eigenvalue weighted by atomic mass is 10.3. The van der Waals surface area contributed by atoms with Crippen molar-refractivity contribution in [1.82, 2.24) is 4.90 Å². The zero-order valence-electron chi connectivity index (χ0n) is 15.9. The molecule has 3 heterocycles. The molecule has 0 atom stereocenters. The molecule has 0 saturated carbocycles. The van der Waals surface area contributed by atoms with Crippen molar-refractivity contribution >= 4 is 26.9 Å². The van der Waals surface area contributed by atoms with Gasteiger partial charge in [0.2, 0.25) is 0 Å². The van der Waals surface area contributed by atoms with Gasteiger partial charge in [0.15, 0.2) is 0 Å². The summed E-state index contributed by atoms with van der Waals surface area (Å²) in [5.74, 6) is 0. The van der Waals surface area contributed by atoms with Crippen LogP contribution in [0.15, 0.2) is 16.5 Å². The Morgan fingerprint density at radius 2 is 1.75 bits per heavy atom. The first-order valence-corrected chi connectivity index (χ1v) is 16.0. The first-order valence-electron chi connectivity index (χ1n) is 9.91. The molecule has 1 aromatic heterocycles. The maximum Gasteiger partial charge on any atom is 0.132 e. The van der Waals surface area contributed by atoms with Crippen LogP contribution in [0.4, 0.5) is 0 Å². The van der Waals surface area contributed by atoms with Crippen LogP contribution in [-0.4, -0.2) is 53.9 Å². The summed E-state index contributed by atoms with van der Waals surface area (Å²) in [6.45, 7) is 12.5. The van der Waals surface area contributed by atoms with Crippen molar-refractivity contribution in [2.45, 2.75) is 63.5 Å². The molecule has 3 rings (SSSR count). The van der Waals surface area contributed by atoms with Gasteiger partial charge in [0, 0.05) is 13.1 Å². The second-order valence-corrected chi connectivity index (χ2v) is 18.4. The van der Waals surface area contributed by atoms with E-state index in [0.717, 1.165) is 26.3 Å². The molecule has 1 aromatic rings. The normalized spacial score (nSPS) is 22.6. The highest BCUT2D eigenvalue weighted by atomic mass is 28.3. The SMILES string of the molecule is C[Si](C)(C)c1ccc([Si]2(CCCN3CCOCC3)CCCCC2)o1. The van der Waals surface area contributed by atoms with Gasteiger partial charge < -0.3 is 9.15 Å². The first kappa shape index (κ1) is 18.4. The molecule has 0 unspecified atom stereocenters. The van der Waals surface area contributed by atoms with Crippen LogP contribution in [0.3, 0.4) is 0 Å². The summed E-state index contributed by atoms with van der Waals surface area (Å²) in [4.78, 5) is 2.59. The molecule has 0 radical (unpaired) electrons. The van der Waals surface area contributed by atoms with Crippen molar-refractivity contribution in [1.29, 1.82) is 0 Å². The maximum absolute atomic E-state index is 6.52. The number of rotatable bonds is 6. The van der Waals surface area contributed by atoms with Gasteiger partial charge in [0.25, 0.3) is 0 Å². The molecule has 0 bridgehead atoms. The molecule has 0 aromatic carbocycles. The van der Waals surface area contributed by atoms with Gasteiger partial charge in [-0.05, 0) is 31.1 Å². The van der Waals surface area contributed by atoms with Crippen LogP contribution in [0, 0.1) is 0 Å². The smallest absolute Gasteiger partial charge is 0.132 e. The predicted octanol–water partition coefficient (Wildman–Crippen LogP) is 3.39. The number of furan rings is 1. The van der Waals surface area contributed by atoms with Gasteiger partial charge in [0.05, 0.1) is 24.0 Å². The standard InChI is InChI=1S/C19H35NO2Si2/c1-23(2,3)18-8-9-19(22-18)24(15-5-4-6-16-24)17-7-10-20-11-13-21-14-12-20/h8-9H,4-7,10-17H2,1-3H3. The van der Waals surface area contributed by atoms with E-state index in [1.165, 1.54) is 61.1 Å². The van der Waals surface area contributed by atoms with Crippen LogP contribution in [0.1, 0.15) is 25.7 Å². The van der Waals surface area contributed by atoms with Gasteiger partial charge in [0.1, 0.15) is 16.1 Å². The molecule has 2 aliphatic rings. The molecule has 2 aliphatic heterocycles. The summed E-state index contributed by atoms with van der Waals surface area (Å²) in [6, 6.07) is 9.01. The minimum absolute atomic E-state index is 0.917. The summed E-state index contributed by atoms with van der Waals surface area (Å²) in [7, 11) is -2.74. The third-order valence-electron chi connectivity index (χ3n) is 5.91. The van der Waals surface area contributed by atoms with E-state index in [-0.39, 0.29) is 0 Å². The largest absolute Gasteiger partial charge is 0.476 e. The van der Waals surface area contributed by atoms with Gasteiger partial charge in [-0.2, -0.15) is 0 Å². The summed E-state index contributed by atoms with van der Waals surface area (Å²) in [6.07, 6.45) is 5.62. The number of ether oxygens (including phenoxy) is 1. The predicted molar refractivity (Wildman–Crippen MR) is 107 cm³/mol. The van der Waals surface area contributed by atoms with Crippen molar-refractivity contribution in [2.24, 2.45) is 0 Å². The van der Waals surface area contributed by atoms with Crippen molar-refractivity contribution in [3.63, 3.8) is 0 Å². The van der Waals surface area contributed by atoms with Crippen molar-refractivity contribution in [3.8, 4) is 0 Å². The number of nitrogens with zero attached hydrogens (tertiary/aromatic N) is 1. The van der Waals surface area contributed by atoms with E-state index < -0.39 is 16.1 Å². The van der Waals surface area contributed by atoms with E-state index in [0.29, 0.717) is 0 Å². The highest BCUT2D eigenvalue weighted by Gasteiger charge is 2.39. The molecule has 136 valence electrons. The lowest BCUT2D eigenvalue weighted by Gasteiger charge is -2.34. The fourth-order valence-electron chi connectivity index (χ4n) is 4.34. The van der Waals surface area contributed by atoms with Gasteiger partial charge >= 0.3 is 0 Å². The fraction of sp³-hybridized carbons (Fsp3) is 0.789. The Labute approximate surface area is 149 Å². The topological polar surface area (TPSA) is 25.6 Å². The van der Waals surface area contributed by atoms with Crippen molar-refractivity contribution in [3.05, 3.63) is 12.1 Å². The minimum atomic E-state index is -1.40. The fourth-order valence-corrected chi connectivity index (χ4v) is 10.4. The van der Waals surface area contributed by atoms with Crippen LogP contribution in [-0.2, 0) is 4.74 Å². The number of hydrogen-bond donors (Lipinski definition) is 0. The van der Waals surface area contributed by atoms with Gasteiger partial charge in [-0.25, -0.2) is 0 Å². The Bertz CT molecular complexity index is 512. The second kappa shape index (κ2) is 7.89. The summed E-state index contributed by atoms with van der Waals surface area (Å²) >= 11 is 0. The molecule has 0 N–H and O–H groups in total. The van der Waals surface area contributed by atoms with Crippen molar-refractivity contribution in [2.75, 3.05) is 32.8 Å². The molecule has 0 aliphatic carbocycles. The zero-order valence-corrected chi connectivity index (χ0v) is 17.9. The van der Waals surface area contributed by atoms with Crippen LogP contribution in [0.25, 0.3) is 0 Å². The zero-order chi connectivity index (χ0) is 17.0. The van der Waals surface area contributed by atoms with Crippen LogP contribution in [0.2, 0.25) is 37.8 Å². The lowest BCUT2D eigenvalue weighted by molar-refractivity contribution is 0.0379. The quantitative estimate of drug-likeness (QED) is 0.723. The number of morpholine rings is 1. The van der Waals surface area contributed by atoms with Crippen molar-refractivity contribution < 1.29 is 9.15 Å².